The lowest BCUT2D eigenvalue weighted by Crippen LogP contribution is -2.34. The molecule has 0 unspecified atom stereocenters. The van der Waals surface area contributed by atoms with Crippen LogP contribution in [0.3, 0.4) is 0 Å². The Kier molecular flexibility index (Phi) is 4.21. The molecule has 0 bridgehead atoms. The predicted octanol–water partition coefficient (Wildman–Crippen LogP) is -0.699. The fourth-order valence-electron chi connectivity index (χ4n) is 0.574. The minimum absolute atomic E-state index is 0.0845. The van der Waals surface area contributed by atoms with Crippen molar-refractivity contribution in [1.82, 2.24) is 5.32 Å². The Morgan fingerprint density at radius 1 is 1.38 bits per heavy atom. The molecule has 3 amide bonds. The first-order valence-electron chi connectivity index (χ1n) is 3.34. The van der Waals surface area contributed by atoms with Gasteiger partial charge in [0.2, 0.25) is 0 Å². The number of urea groups is 1. The van der Waals surface area contributed by atoms with Gasteiger partial charge in [0.05, 0.1) is 7.11 Å². The first-order valence-corrected chi connectivity index (χ1v) is 3.34. The summed E-state index contributed by atoms with van der Waals surface area (Å²) in [6.07, 6.45) is 0.927. The Balaban J connectivity index is 4.30. The van der Waals surface area contributed by atoms with Crippen molar-refractivity contribution in [2.75, 3.05) is 7.11 Å². The minimum atomic E-state index is -0.973. The molecular weight excluding hydrogens is 176 g/mol. The third-order valence-electron chi connectivity index (χ3n) is 1.10. The first-order chi connectivity index (χ1) is 5.97. The third kappa shape index (κ3) is 4.57. The van der Waals surface area contributed by atoms with Crippen molar-refractivity contribution in [3.8, 4) is 0 Å². The topological polar surface area (TPSA) is 98.5 Å². The zero-order chi connectivity index (χ0) is 10.4. The van der Waals surface area contributed by atoms with Crippen molar-refractivity contribution in [2.24, 2.45) is 5.73 Å². The number of nitrogens with two attached hydrogens (primary N) is 1. The lowest BCUT2D eigenvalue weighted by molar-refractivity contribution is -0.136. The molecule has 0 spiro atoms. The number of amides is 3. The molecule has 0 aromatic carbocycles. The summed E-state index contributed by atoms with van der Waals surface area (Å²) >= 11 is 0. The lowest BCUT2D eigenvalue weighted by atomic mass is 10.3. The van der Waals surface area contributed by atoms with Gasteiger partial charge < -0.3 is 10.5 Å². The van der Waals surface area contributed by atoms with Gasteiger partial charge in [0, 0.05) is 11.6 Å². The van der Waals surface area contributed by atoms with Gasteiger partial charge >= 0.3 is 12.0 Å². The smallest absolute Gasteiger partial charge is 0.333 e. The summed E-state index contributed by atoms with van der Waals surface area (Å²) in [7, 11) is 1.19. The molecule has 0 aromatic rings. The van der Waals surface area contributed by atoms with Crippen LogP contribution >= 0.6 is 0 Å². The summed E-state index contributed by atoms with van der Waals surface area (Å²) in [6, 6.07) is -0.973. The molecule has 0 atom stereocenters. The van der Waals surface area contributed by atoms with Gasteiger partial charge in [-0.3, -0.25) is 10.1 Å². The zero-order valence-corrected chi connectivity index (χ0v) is 7.29. The zero-order valence-electron chi connectivity index (χ0n) is 7.29. The van der Waals surface area contributed by atoms with Gasteiger partial charge in [0.1, 0.15) is 0 Å². The lowest BCUT2D eigenvalue weighted by Gasteiger charge is -1.98. The van der Waals surface area contributed by atoms with Gasteiger partial charge in [-0.2, -0.15) is 0 Å². The van der Waals surface area contributed by atoms with Crippen LogP contribution in [0.1, 0.15) is 6.92 Å². The van der Waals surface area contributed by atoms with Crippen LogP contribution in [-0.2, 0) is 14.3 Å². The van der Waals surface area contributed by atoms with Crippen molar-refractivity contribution < 1.29 is 19.1 Å². The maximum absolute atomic E-state index is 10.8. The molecule has 0 rings (SSSR count). The van der Waals surface area contributed by atoms with Gasteiger partial charge in [-0.05, 0) is 6.92 Å². The molecule has 0 saturated heterocycles. The molecule has 0 saturated carbocycles. The molecule has 0 aliphatic rings. The van der Waals surface area contributed by atoms with Crippen molar-refractivity contribution >= 4 is 17.9 Å². The predicted molar refractivity (Wildman–Crippen MR) is 43.5 cm³/mol. The molecule has 0 fully saturated rings. The van der Waals surface area contributed by atoms with Crippen molar-refractivity contribution in [1.29, 1.82) is 0 Å². The van der Waals surface area contributed by atoms with Crippen molar-refractivity contribution in [3.63, 3.8) is 0 Å². The first kappa shape index (κ1) is 11.2. The quantitative estimate of drug-likeness (QED) is 0.440. The second-order valence-corrected chi connectivity index (χ2v) is 2.17. The van der Waals surface area contributed by atoms with Gasteiger partial charge in [-0.1, -0.05) is 0 Å². The molecule has 13 heavy (non-hydrogen) atoms. The van der Waals surface area contributed by atoms with Gasteiger partial charge in [-0.15, -0.1) is 0 Å². The van der Waals surface area contributed by atoms with E-state index in [2.05, 4.69) is 10.5 Å². The van der Waals surface area contributed by atoms with Crippen LogP contribution in [0.5, 0.6) is 0 Å². The number of ether oxygens (including phenoxy) is 1. The number of carbonyl (C=O) groups is 3. The minimum Gasteiger partial charge on any atom is -0.466 e. The van der Waals surface area contributed by atoms with Crippen LogP contribution in [-0.4, -0.2) is 25.0 Å². The number of imide groups is 1. The van der Waals surface area contributed by atoms with E-state index in [9.17, 15) is 14.4 Å². The van der Waals surface area contributed by atoms with E-state index in [1.807, 2.05) is 0 Å². The number of primary amides is 1. The Morgan fingerprint density at radius 3 is 2.31 bits per heavy atom. The number of nitrogens with one attached hydrogen (secondary N) is 1. The van der Waals surface area contributed by atoms with Crippen LogP contribution in [0.15, 0.2) is 11.6 Å². The van der Waals surface area contributed by atoms with E-state index in [1.165, 1.54) is 14.0 Å². The number of rotatable bonds is 2. The Hall–Kier alpha value is -1.85. The highest BCUT2D eigenvalue weighted by Crippen LogP contribution is 1.94. The fraction of sp³-hybridized carbons (Fsp3) is 0.286. The standard InChI is InChI=1S/C7H10N2O4/c1-4(6(11)13-2)3-5(10)9-7(8)12/h3H,1-2H3,(H3,8,9,10,12). The van der Waals surface area contributed by atoms with E-state index >= 15 is 0 Å². The van der Waals surface area contributed by atoms with Crippen molar-refractivity contribution in [2.45, 2.75) is 6.92 Å². The Bertz CT molecular complexity index is 270. The van der Waals surface area contributed by atoms with Crippen LogP contribution in [0.4, 0.5) is 4.79 Å². The number of esters is 1. The third-order valence-corrected chi connectivity index (χ3v) is 1.10. The maximum Gasteiger partial charge on any atom is 0.333 e. The highest BCUT2D eigenvalue weighted by molar-refractivity contribution is 6.04. The molecule has 0 heterocycles. The number of hydrogen-bond donors (Lipinski definition) is 2. The summed E-state index contributed by atoms with van der Waals surface area (Å²) in [5.74, 6) is -1.39. The van der Waals surface area contributed by atoms with Gasteiger partial charge in [0.25, 0.3) is 5.91 Å². The molecule has 6 nitrogen and oxygen atoms in total. The number of carbonyl (C=O) groups excluding carboxylic acids is 3. The summed E-state index contributed by atoms with van der Waals surface area (Å²) in [5.41, 5.74) is 4.75. The van der Waals surface area contributed by atoms with E-state index in [1.54, 1.807) is 5.32 Å². The molecule has 0 aliphatic carbocycles. The average molecular weight is 186 g/mol. The maximum atomic E-state index is 10.8. The fourth-order valence-corrected chi connectivity index (χ4v) is 0.574. The van der Waals surface area contributed by atoms with E-state index < -0.39 is 17.9 Å². The number of hydrogen-bond acceptors (Lipinski definition) is 4. The van der Waals surface area contributed by atoms with Gasteiger partial charge in [0.15, 0.2) is 0 Å². The molecule has 0 aromatic heterocycles. The highest BCUT2D eigenvalue weighted by Gasteiger charge is 2.06. The average Bonchev–Trinajstić information content (AvgIpc) is 2.01. The molecule has 3 N–H and O–H groups in total. The van der Waals surface area contributed by atoms with E-state index in [-0.39, 0.29) is 5.57 Å². The molecule has 0 radical (unpaired) electrons. The Labute approximate surface area is 74.7 Å². The second kappa shape index (κ2) is 4.91. The monoisotopic (exact) mass is 186 g/mol. The summed E-state index contributed by atoms with van der Waals surface area (Å²) in [4.78, 5) is 31.7. The SMILES string of the molecule is COC(=O)C(C)=CC(=O)NC(N)=O. The van der Waals surface area contributed by atoms with E-state index in [0.717, 1.165) is 6.08 Å². The summed E-state index contributed by atoms with van der Waals surface area (Å²) < 4.78 is 4.31. The summed E-state index contributed by atoms with van der Waals surface area (Å²) in [5, 5.41) is 1.77. The molecule has 6 heteroatoms. The highest BCUT2D eigenvalue weighted by atomic mass is 16.5. The normalized spacial score (nSPS) is 10.5. The van der Waals surface area contributed by atoms with E-state index in [4.69, 9.17) is 0 Å². The number of methoxy groups -OCH3 is 1. The van der Waals surface area contributed by atoms with Gasteiger partial charge in [-0.25, -0.2) is 9.59 Å². The van der Waals surface area contributed by atoms with Crippen LogP contribution in [0.25, 0.3) is 0 Å². The van der Waals surface area contributed by atoms with Crippen LogP contribution < -0.4 is 11.1 Å². The Morgan fingerprint density at radius 2 is 1.92 bits per heavy atom. The van der Waals surface area contributed by atoms with Crippen LogP contribution in [0, 0.1) is 0 Å². The molecule has 0 aliphatic heterocycles. The molecule has 72 valence electrons. The summed E-state index contributed by atoms with van der Waals surface area (Å²) in [6.45, 7) is 1.38. The largest absolute Gasteiger partial charge is 0.466 e. The van der Waals surface area contributed by atoms with Crippen molar-refractivity contribution in [3.05, 3.63) is 11.6 Å². The van der Waals surface area contributed by atoms with E-state index in [0.29, 0.717) is 0 Å². The second-order valence-electron chi connectivity index (χ2n) is 2.17. The van der Waals surface area contributed by atoms with Crippen LogP contribution in [0.2, 0.25) is 0 Å². The molecular formula is C7H10N2O4.